The maximum absolute atomic E-state index is 5.68. The molecular weight excluding hydrogens is 204 g/mol. The SMILES string of the molecule is Cc1cnc2c(n1)OC[C@@H]1CN(C)CCN21. The number of likely N-dealkylation sites (N-methyl/N-ethyl adjacent to an activating group) is 1. The third kappa shape index (κ3) is 1.51. The van der Waals surface area contributed by atoms with E-state index in [4.69, 9.17) is 4.74 Å². The van der Waals surface area contributed by atoms with Crippen molar-refractivity contribution >= 4 is 5.82 Å². The van der Waals surface area contributed by atoms with Gasteiger partial charge in [0.05, 0.1) is 17.9 Å². The minimum atomic E-state index is 0.420. The number of hydrogen-bond donors (Lipinski definition) is 0. The Hall–Kier alpha value is -1.36. The van der Waals surface area contributed by atoms with Gasteiger partial charge >= 0.3 is 0 Å². The first kappa shape index (κ1) is 9.84. The smallest absolute Gasteiger partial charge is 0.257 e. The summed E-state index contributed by atoms with van der Waals surface area (Å²) in [6.07, 6.45) is 1.81. The number of hydrogen-bond acceptors (Lipinski definition) is 5. The van der Waals surface area contributed by atoms with Gasteiger partial charge in [-0.3, -0.25) is 0 Å². The molecule has 1 aromatic heterocycles. The fourth-order valence-electron chi connectivity index (χ4n) is 2.35. The summed E-state index contributed by atoms with van der Waals surface area (Å²) in [5.41, 5.74) is 0.909. The van der Waals surface area contributed by atoms with Crippen molar-refractivity contribution in [3.8, 4) is 5.88 Å². The number of anilines is 1. The van der Waals surface area contributed by atoms with Crippen LogP contribution in [0.2, 0.25) is 0 Å². The molecule has 3 heterocycles. The van der Waals surface area contributed by atoms with Crippen molar-refractivity contribution in [3.63, 3.8) is 0 Å². The third-order valence-electron chi connectivity index (χ3n) is 3.21. The van der Waals surface area contributed by atoms with Gasteiger partial charge in [-0.15, -0.1) is 0 Å². The van der Waals surface area contributed by atoms with Crippen LogP contribution in [0.4, 0.5) is 5.82 Å². The summed E-state index contributed by atoms with van der Waals surface area (Å²) < 4.78 is 5.68. The van der Waals surface area contributed by atoms with Crippen LogP contribution in [0.5, 0.6) is 5.88 Å². The Labute approximate surface area is 95.0 Å². The van der Waals surface area contributed by atoms with Gasteiger partial charge in [-0.2, -0.15) is 0 Å². The van der Waals surface area contributed by atoms with Crippen molar-refractivity contribution in [1.82, 2.24) is 14.9 Å². The maximum Gasteiger partial charge on any atom is 0.257 e. The van der Waals surface area contributed by atoms with Gasteiger partial charge in [-0.05, 0) is 14.0 Å². The highest BCUT2D eigenvalue weighted by Gasteiger charge is 2.33. The number of aromatic nitrogens is 2. The summed E-state index contributed by atoms with van der Waals surface area (Å²) >= 11 is 0. The molecule has 1 aromatic rings. The van der Waals surface area contributed by atoms with E-state index in [0.717, 1.165) is 37.8 Å². The van der Waals surface area contributed by atoms with Gasteiger partial charge in [0.25, 0.3) is 5.88 Å². The number of aryl methyl sites for hydroxylation is 1. The maximum atomic E-state index is 5.68. The van der Waals surface area contributed by atoms with Crippen LogP contribution < -0.4 is 9.64 Å². The molecule has 1 atom stereocenters. The van der Waals surface area contributed by atoms with Crippen molar-refractivity contribution in [2.45, 2.75) is 13.0 Å². The van der Waals surface area contributed by atoms with Crippen LogP contribution >= 0.6 is 0 Å². The summed E-state index contributed by atoms with van der Waals surface area (Å²) in [5.74, 6) is 1.61. The lowest BCUT2D eigenvalue weighted by Crippen LogP contribution is -2.56. The van der Waals surface area contributed by atoms with E-state index in [0.29, 0.717) is 11.9 Å². The molecule has 0 N–H and O–H groups in total. The Kier molecular flexibility index (Phi) is 2.21. The largest absolute Gasteiger partial charge is 0.473 e. The van der Waals surface area contributed by atoms with Crippen LogP contribution in [0.3, 0.4) is 0 Å². The number of rotatable bonds is 0. The zero-order valence-electron chi connectivity index (χ0n) is 9.68. The van der Waals surface area contributed by atoms with Crippen molar-refractivity contribution < 1.29 is 4.74 Å². The monoisotopic (exact) mass is 220 g/mol. The fourth-order valence-corrected chi connectivity index (χ4v) is 2.35. The summed E-state index contributed by atoms with van der Waals surface area (Å²) in [7, 11) is 2.15. The van der Waals surface area contributed by atoms with E-state index >= 15 is 0 Å². The van der Waals surface area contributed by atoms with E-state index in [1.54, 1.807) is 0 Å². The van der Waals surface area contributed by atoms with E-state index in [9.17, 15) is 0 Å². The van der Waals surface area contributed by atoms with Crippen LogP contribution in [-0.2, 0) is 0 Å². The van der Waals surface area contributed by atoms with Crippen molar-refractivity contribution in [1.29, 1.82) is 0 Å². The molecule has 0 bridgehead atoms. The summed E-state index contributed by atoms with van der Waals surface area (Å²) in [4.78, 5) is 13.5. The van der Waals surface area contributed by atoms with Gasteiger partial charge in [0.1, 0.15) is 6.61 Å². The van der Waals surface area contributed by atoms with Crippen molar-refractivity contribution in [2.24, 2.45) is 0 Å². The van der Waals surface area contributed by atoms with Gasteiger partial charge in [-0.1, -0.05) is 0 Å². The molecular formula is C11H16N4O. The highest BCUT2D eigenvalue weighted by atomic mass is 16.5. The number of nitrogens with zero attached hydrogens (tertiary/aromatic N) is 4. The molecule has 0 radical (unpaired) electrons. The quantitative estimate of drug-likeness (QED) is 0.629. The van der Waals surface area contributed by atoms with E-state index < -0.39 is 0 Å². The molecule has 0 aliphatic carbocycles. The van der Waals surface area contributed by atoms with E-state index in [-0.39, 0.29) is 0 Å². The summed E-state index contributed by atoms with van der Waals surface area (Å²) in [6.45, 7) is 5.78. The lowest BCUT2D eigenvalue weighted by molar-refractivity contribution is 0.181. The molecule has 1 saturated heterocycles. The van der Waals surface area contributed by atoms with E-state index in [2.05, 4.69) is 26.8 Å². The average Bonchev–Trinajstić information content (AvgIpc) is 2.28. The Morgan fingerprint density at radius 2 is 2.31 bits per heavy atom. The Morgan fingerprint density at radius 3 is 3.19 bits per heavy atom. The molecule has 86 valence electrons. The molecule has 2 aliphatic heterocycles. The molecule has 0 spiro atoms. The first-order valence-electron chi connectivity index (χ1n) is 5.65. The van der Waals surface area contributed by atoms with Crippen LogP contribution in [-0.4, -0.2) is 54.2 Å². The zero-order valence-corrected chi connectivity index (χ0v) is 9.68. The minimum absolute atomic E-state index is 0.420. The molecule has 16 heavy (non-hydrogen) atoms. The number of piperazine rings is 1. The zero-order chi connectivity index (χ0) is 11.1. The minimum Gasteiger partial charge on any atom is -0.473 e. The highest BCUT2D eigenvalue weighted by Crippen LogP contribution is 2.31. The van der Waals surface area contributed by atoms with E-state index in [1.165, 1.54) is 0 Å². The summed E-state index contributed by atoms with van der Waals surface area (Å²) in [5, 5.41) is 0. The highest BCUT2D eigenvalue weighted by molar-refractivity contribution is 5.51. The molecule has 0 unspecified atom stereocenters. The second kappa shape index (κ2) is 3.59. The third-order valence-corrected chi connectivity index (χ3v) is 3.21. The van der Waals surface area contributed by atoms with Crippen LogP contribution in [0, 0.1) is 6.92 Å². The molecule has 0 saturated carbocycles. The van der Waals surface area contributed by atoms with Gasteiger partial charge in [-0.25, -0.2) is 9.97 Å². The van der Waals surface area contributed by atoms with Crippen LogP contribution in [0.1, 0.15) is 5.69 Å². The molecule has 2 aliphatic rings. The standard InChI is InChI=1S/C11H16N4O/c1-8-5-12-10-11(13-8)16-7-9-6-14(2)3-4-15(9)10/h5,9H,3-4,6-7H2,1-2H3/t9-/m0/s1. The van der Waals surface area contributed by atoms with Crippen LogP contribution in [0.15, 0.2) is 6.20 Å². The van der Waals surface area contributed by atoms with Gasteiger partial charge < -0.3 is 14.5 Å². The fraction of sp³-hybridized carbons (Fsp3) is 0.636. The number of ether oxygens (including phenoxy) is 1. The topological polar surface area (TPSA) is 41.5 Å². The number of fused-ring (bicyclic) bond motifs is 3. The second-order valence-corrected chi connectivity index (χ2v) is 4.56. The molecule has 1 fully saturated rings. The van der Waals surface area contributed by atoms with Crippen molar-refractivity contribution in [2.75, 3.05) is 38.2 Å². The van der Waals surface area contributed by atoms with Crippen LogP contribution in [0.25, 0.3) is 0 Å². The normalized spacial score (nSPS) is 24.6. The van der Waals surface area contributed by atoms with Gasteiger partial charge in [0, 0.05) is 19.6 Å². The summed E-state index contributed by atoms with van der Waals surface area (Å²) in [6, 6.07) is 0.420. The second-order valence-electron chi connectivity index (χ2n) is 4.56. The lowest BCUT2D eigenvalue weighted by atomic mass is 10.1. The first-order valence-corrected chi connectivity index (χ1v) is 5.65. The molecule has 5 nitrogen and oxygen atoms in total. The predicted molar refractivity (Wildman–Crippen MR) is 60.9 cm³/mol. The average molecular weight is 220 g/mol. The van der Waals surface area contributed by atoms with Crippen molar-refractivity contribution in [3.05, 3.63) is 11.9 Å². The lowest BCUT2D eigenvalue weighted by Gasteiger charge is -2.43. The first-order chi connectivity index (χ1) is 7.74. The van der Waals surface area contributed by atoms with E-state index in [1.807, 2.05) is 13.1 Å². The molecule has 3 rings (SSSR count). The Morgan fingerprint density at radius 1 is 1.44 bits per heavy atom. The molecule has 5 heteroatoms. The molecule has 0 aromatic carbocycles. The molecule has 0 amide bonds. The van der Waals surface area contributed by atoms with Gasteiger partial charge in [0.15, 0.2) is 5.82 Å². The Bertz CT molecular complexity index is 409. The van der Waals surface area contributed by atoms with Gasteiger partial charge in [0.2, 0.25) is 0 Å². The Balaban J connectivity index is 1.94. The predicted octanol–water partition coefficient (Wildman–Crippen LogP) is 0.298.